The molecule has 0 spiro atoms. The van der Waals surface area contributed by atoms with Gasteiger partial charge in [0.2, 0.25) is 6.41 Å². The second kappa shape index (κ2) is 9.49. The summed E-state index contributed by atoms with van der Waals surface area (Å²) in [7, 11) is 0. The van der Waals surface area contributed by atoms with Crippen molar-refractivity contribution in [1.29, 1.82) is 5.26 Å². The number of pyridine rings is 1. The van der Waals surface area contributed by atoms with Gasteiger partial charge in [0.05, 0.1) is 29.1 Å². The van der Waals surface area contributed by atoms with Crippen LogP contribution in [0.5, 0.6) is 17.2 Å². The van der Waals surface area contributed by atoms with Crippen molar-refractivity contribution in [3.63, 3.8) is 0 Å². The molecule has 0 saturated carbocycles. The molecule has 0 radical (unpaired) electrons. The molecule has 32 heavy (non-hydrogen) atoms. The molecule has 1 heterocycles. The molecule has 2 N–H and O–H groups in total. The molecule has 0 unspecified atom stereocenters. The molecule has 7 nitrogen and oxygen atoms in total. The van der Waals surface area contributed by atoms with Crippen molar-refractivity contribution in [3.8, 4) is 23.3 Å². The van der Waals surface area contributed by atoms with E-state index < -0.39 is 0 Å². The van der Waals surface area contributed by atoms with E-state index in [4.69, 9.17) is 9.47 Å². The van der Waals surface area contributed by atoms with Crippen molar-refractivity contribution in [2.45, 2.75) is 6.92 Å². The summed E-state index contributed by atoms with van der Waals surface area (Å²) in [6, 6.07) is 22.6. The van der Waals surface area contributed by atoms with E-state index in [0.717, 1.165) is 11.4 Å². The van der Waals surface area contributed by atoms with Crippen LogP contribution < -0.4 is 20.1 Å². The number of carbonyl (C=O) groups excluding carboxylic acids is 1. The lowest BCUT2D eigenvalue weighted by Gasteiger charge is -2.15. The monoisotopic (exact) mass is 424 g/mol. The molecule has 7 heteroatoms. The first kappa shape index (κ1) is 20.7. The minimum atomic E-state index is 0.378. The maximum atomic E-state index is 11.1. The summed E-state index contributed by atoms with van der Waals surface area (Å²) in [6.07, 6.45) is 2.10. The van der Waals surface area contributed by atoms with Crippen molar-refractivity contribution in [2.75, 3.05) is 17.2 Å². The molecule has 0 aliphatic heterocycles. The number of aromatic nitrogens is 1. The number of para-hydroxylation sites is 1. The van der Waals surface area contributed by atoms with Gasteiger partial charge in [-0.1, -0.05) is 18.2 Å². The molecule has 3 aromatic carbocycles. The second-order valence-electron chi connectivity index (χ2n) is 6.78. The lowest BCUT2D eigenvalue weighted by atomic mass is 10.1. The van der Waals surface area contributed by atoms with Crippen molar-refractivity contribution in [3.05, 3.63) is 78.5 Å². The third kappa shape index (κ3) is 4.45. The number of fused-ring (bicyclic) bond motifs is 1. The molecular weight excluding hydrogens is 404 g/mol. The topological polar surface area (TPSA) is 96.3 Å². The number of nitrogens with one attached hydrogen (secondary N) is 2. The van der Waals surface area contributed by atoms with Crippen LogP contribution in [0, 0.1) is 11.3 Å². The molecule has 0 fully saturated rings. The van der Waals surface area contributed by atoms with Crippen LogP contribution in [0.15, 0.2) is 72.9 Å². The summed E-state index contributed by atoms with van der Waals surface area (Å²) < 4.78 is 11.4. The van der Waals surface area contributed by atoms with Crippen LogP contribution in [0.1, 0.15) is 12.5 Å². The molecule has 0 aliphatic carbocycles. The highest BCUT2D eigenvalue weighted by atomic mass is 16.5. The van der Waals surface area contributed by atoms with E-state index in [1.807, 2.05) is 61.5 Å². The second-order valence-corrected chi connectivity index (χ2v) is 6.78. The SMILES string of the molecule is CCOc1cc2ncc(C#N)c(Nc3ccc(Oc4ccccc4)cc3)c2cc1NC=O. The Balaban J connectivity index is 1.69. The fourth-order valence-electron chi connectivity index (χ4n) is 3.27. The third-order valence-electron chi connectivity index (χ3n) is 4.71. The zero-order valence-electron chi connectivity index (χ0n) is 17.3. The number of nitrogens with zero attached hydrogens (tertiary/aromatic N) is 2. The summed E-state index contributed by atoms with van der Waals surface area (Å²) in [5.41, 5.74) is 2.87. The van der Waals surface area contributed by atoms with Crippen molar-refractivity contribution >= 4 is 34.4 Å². The standard InChI is InChI=1S/C25H20N4O3/c1-2-31-24-13-22-21(12-23(24)28-16-30)25(17(14-26)15-27-22)29-18-8-10-20(11-9-18)32-19-6-4-3-5-7-19/h3-13,15-16H,2H2,1H3,(H,27,29)(H,28,30). The average molecular weight is 424 g/mol. The molecule has 4 rings (SSSR count). The van der Waals surface area contributed by atoms with E-state index >= 15 is 0 Å². The zero-order chi connectivity index (χ0) is 22.3. The maximum absolute atomic E-state index is 11.1. The van der Waals surface area contributed by atoms with Crippen LogP contribution in [0.4, 0.5) is 17.1 Å². The molecule has 0 saturated heterocycles. The number of nitriles is 1. The van der Waals surface area contributed by atoms with Crippen LogP contribution in [-0.2, 0) is 4.79 Å². The van der Waals surface area contributed by atoms with Gasteiger partial charge in [0.1, 0.15) is 23.3 Å². The third-order valence-corrected chi connectivity index (χ3v) is 4.71. The number of amides is 1. The smallest absolute Gasteiger partial charge is 0.211 e. The number of hydrogen-bond acceptors (Lipinski definition) is 6. The van der Waals surface area contributed by atoms with Gasteiger partial charge < -0.3 is 20.1 Å². The summed E-state index contributed by atoms with van der Waals surface area (Å²) in [6.45, 7) is 2.30. The van der Waals surface area contributed by atoms with Gasteiger partial charge in [0.25, 0.3) is 0 Å². The molecule has 0 aliphatic rings. The van der Waals surface area contributed by atoms with Gasteiger partial charge in [-0.05, 0) is 49.4 Å². The molecule has 158 valence electrons. The van der Waals surface area contributed by atoms with Crippen molar-refractivity contribution in [2.24, 2.45) is 0 Å². The van der Waals surface area contributed by atoms with Gasteiger partial charge in [0, 0.05) is 23.3 Å². The van der Waals surface area contributed by atoms with Crippen LogP contribution in [0.3, 0.4) is 0 Å². The van der Waals surface area contributed by atoms with Crippen LogP contribution >= 0.6 is 0 Å². The first-order chi connectivity index (χ1) is 15.7. The maximum Gasteiger partial charge on any atom is 0.211 e. The summed E-state index contributed by atoms with van der Waals surface area (Å²) in [5, 5.41) is 16.3. The van der Waals surface area contributed by atoms with Gasteiger partial charge in [0.15, 0.2) is 0 Å². The van der Waals surface area contributed by atoms with E-state index in [-0.39, 0.29) is 0 Å². The van der Waals surface area contributed by atoms with Crippen LogP contribution in [-0.4, -0.2) is 18.0 Å². The number of carbonyl (C=O) groups is 1. The summed E-state index contributed by atoms with van der Waals surface area (Å²) in [4.78, 5) is 15.4. The fourth-order valence-corrected chi connectivity index (χ4v) is 3.27. The van der Waals surface area contributed by atoms with E-state index in [2.05, 4.69) is 21.7 Å². The molecule has 1 amide bonds. The predicted molar refractivity (Wildman–Crippen MR) is 124 cm³/mol. The molecule has 4 aromatic rings. The minimum Gasteiger partial charge on any atom is -0.492 e. The Kier molecular flexibility index (Phi) is 6.14. The zero-order valence-corrected chi connectivity index (χ0v) is 17.3. The Bertz CT molecular complexity index is 1280. The van der Waals surface area contributed by atoms with E-state index in [1.54, 1.807) is 12.1 Å². The van der Waals surface area contributed by atoms with Crippen molar-refractivity contribution in [1.82, 2.24) is 4.98 Å². The first-order valence-corrected chi connectivity index (χ1v) is 10.0. The highest BCUT2D eigenvalue weighted by Crippen LogP contribution is 2.36. The Morgan fingerprint density at radius 2 is 1.81 bits per heavy atom. The molecule has 0 atom stereocenters. The highest BCUT2D eigenvalue weighted by Gasteiger charge is 2.14. The number of benzene rings is 3. The van der Waals surface area contributed by atoms with Gasteiger partial charge in [-0.3, -0.25) is 9.78 Å². The number of ether oxygens (including phenoxy) is 2. The van der Waals surface area contributed by atoms with Gasteiger partial charge in [-0.15, -0.1) is 0 Å². The van der Waals surface area contributed by atoms with Gasteiger partial charge in [-0.25, -0.2) is 0 Å². The summed E-state index contributed by atoms with van der Waals surface area (Å²) >= 11 is 0. The number of rotatable bonds is 8. The lowest BCUT2D eigenvalue weighted by Crippen LogP contribution is -2.02. The lowest BCUT2D eigenvalue weighted by molar-refractivity contribution is -0.105. The highest BCUT2D eigenvalue weighted by molar-refractivity contribution is 6.00. The molecule has 1 aromatic heterocycles. The Morgan fingerprint density at radius 1 is 1.06 bits per heavy atom. The largest absolute Gasteiger partial charge is 0.492 e. The van der Waals surface area contributed by atoms with E-state index in [0.29, 0.717) is 52.4 Å². The Hall–Kier alpha value is -4.57. The number of hydrogen-bond donors (Lipinski definition) is 2. The normalized spacial score (nSPS) is 10.2. The Morgan fingerprint density at radius 3 is 2.50 bits per heavy atom. The minimum absolute atomic E-state index is 0.378. The van der Waals surface area contributed by atoms with Crippen molar-refractivity contribution < 1.29 is 14.3 Å². The predicted octanol–water partition coefficient (Wildman–Crippen LogP) is 5.61. The summed E-state index contributed by atoms with van der Waals surface area (Å²) in [5.74, 6) is 1.96. The van der Waals surface area contributed by atoms with Gasteiger partial charge in [-0.2, -0.15) is 5.26 Å². The fraction of sp³-hybridized carbons (Fsp3) is 0.0800. The average Bonchev–Trinajstić information content (AvgIpc) is 2.82. The van der Waals surface area contributed by atoms with Gasteiger partial charge >= 0.3 is 0 Å². The Labute approximate surface area is 185 Å². The first-order valence-electron chi connectivity index (χ1n) is 10.0. The van der Waals surface area contributed by atoms with Crippen LogP contribution in [0.2, 0.25) is 0 Å². The molecule has 0 bridgehead atoms. The number of anilines is 3. The molecular formula is C25H20N4O3. The quantitative estimate of drug-likeness (QED) is 0.357. The van der Waals surface area contributed by atoms with E-state index in [1.165, 1.54) is 6.20 Å². The van der Waals surface area contributed by atoms with Crippen LogP contribution in [0.25, 0.3) is 10.9 Å². The van der Waals surface area contributed by atoms with E-state index in [9.17, 15) is 10.1 Å².